The van der Waals surface area contributed by atoms with E-state index in [0.29, 0.717) is 19.2 Å². The molecule has 0 radical (unpaired) electrons. The third kappa shape index (κ3) is 3.90. The Hall–Kier alpha value is -1.85. The fourth-order valence-corrected chi connectivity index (χ4v) is 4.57. The number of rotatable bonds is 6. The summed E-state index contributed by atoms with van der Waals surface area (Å²) in [5.74, 6) is 2.04. The van der Waals surface area contributed by atoms with E-state index in [9.17, 15) is 5.11 Å². The van der Waals surface area contributed by atoms with Crippen LogP contribution in [0.3, 0.4) is 0 Å². The maximum Gasteiger partial charge on any atom is 0.126 e. The number of benzene rings is 1. The highest BCUT2D eigenvalue weighted by Crippen LogP contribution is 2.33. The fraction of sp³-hybridized carbons (Fsp3) is 0.591. The van der Waals surface area contributed by atoms with Crippen LogP contribution in [0.25, 0.3) is 0 Å². The summed E-state index contributed by atoms with van der Waals surface area (Å²) in [6.07, 6.45) is 6.58. The van der Waals surface area contributed by atoms with Crippen molar-refractivity contribution in [3.63, 3.8) is 0 Å². The van der Waals surface area contributed by atoms with E-state index in [4.69, 9.17) is 9.72 Å². The molecule has 1 fully saturated rings. The van der Waals surface area contributed by atoms with Gasteiger partial charge in [-0.25, -0.2) is 4.98 Å². The Kier molecular flexibility index (Phi) is 5.50. The predicted molar refractivity (Wildman–Crippen MR) is 106 cm³/mol. The smallest absolute Gasteiger partial charge is 0.126 e. The summed E-state index contributed by atoms with van der Waals surface area (Å²) in [5.41, 5.74) is 3.82. The van der Waals surface area contributed by atoms with Crippen LogP contribution in [0.15, 0.2) is 24.3 Å². The molecule has 1 aliphatic carbocycles. The van der Waals surface area contributed by atoms with Crippen LogP contribution < -0.4 is 4.74 Å². The fourth-order valence-electron chi connectivity index (χ4n) is 4.57. The van der Waals surface area contributed by atoms with Crippen molar-refractivity contribution in [1.29, 1.82) is 0 Å². The van der Waals surface area contributed by atoms with Crippen LogP contribution in [-0.4, -0.2) is 45.4 Å². The summed E-state index contributed by atoms with van der Waals surface area (Å²) in [5, 5.41) is 10.6. The number of aryl methyl sites for hydroxylation is 2. The lowest BCUT2D eigenvalue weighted by molar-refractivity contribution is 0.0621. The SMILES string of the molecule is Cc1ccccc1OC[C@H](O)CN1CCC[C@H]1c1nc2c(n1C)CCCC2. The minimum atomic E-state index is -0.500. The lowest BCUT2D eigenvalue weighted by Gasteiger charge is -2.26. The Balaban J connectivity index is 1.40. The van der Waals surface area contributed by atoms with E-state index in [1.165, 1.54) is 30.1 Å². The molecule has 1 aromatic heterocycles. The maximum atomic E-state index is 10.6. The first-order valence-electron chi connectivity index (χ1n) is 10.3. The Bertz CT molecular complexity index is 786. The number of likely N-dealkylation sites (tertiary alicyclic amines) is 1. The highest BCUT2D eigenvalue weighted by Gasteiger charge is 2.32. The normalized spacial score (nSPS) is 21.2. The summed E-state index contributed by atoms with van der Waals surface area (Å²) in [7, 11) is 2.17. The Morgan fingerprint density at radius 1 is 1.22 bits per heavy atom. The van der Waals surface area contributed by atoms with Gasteiger partial charge in [-0.15, -0.1) is 0 Å². The van der Waals surface area contributed by atoms with Gasteiger partial charge in [-0.1, -0.05) is 18.2 Å². The molecule has 1 aliphatic heterocycles. The summed E-state index contributed by atoms with van der Waals surface area (Å²) >= 11 is 0. The number of nitrogens with zero attached hydrogens (tertiary/aromatic N) is 3. The molecule has 2 aromatic rings. The molecule has 0 bridgehead atoms. The van der Waals surface area contributed by atoms with Crippen molar-refractivity contribution < 1.29 is 9.84 Å². The molecule has 0 spiro atoms. The van der Waals surface area contributed by atoms with Crippen molar-refractivity contribution >= 4 is 0 Å². The first-order chi connectivity index (χ1) is 13.1. The molecule has 1 saturated heterocycles. The van der Waals surface area contributed by atoms with Gasteiger partial charge in [0.05, 0.1) is 11.7 Å². The Morgan fingerprint density at radius 2 is 2.04 bits per heavy atom. The summed E-state index contributed by atoms with van der Waals surface area (Å²) < 4.78 is 8.17. The summed E-state index contributed by atoms with van der Waals surface area (Å²) in [4.78, 5) is 7.39. The molecule has 1 aromatic carbocycles. The molecule has 0 unspecified atom stereocenters. The van der Waals surface area contributed by atoms with E-state index in [2.05, 4.69) is 16.5 Å². The van der Waals surface area contributed by atoms with Crippen molar-refractivity contribution in [1.82, 2.24) is 14.5 Å². The van der Waals surface area contributed by atoms with Gasteiger partial charge in [0.25, 0.3) is 0 Å². The van der Waals surface area contributed by atoms with Crippen molar-refractivity contribution in [2.45, 2.75) is 57.6 Å². The highest BCUT2D eigenvalue weighted by atomic mass is 16.5. The van der Waals surface area contributed by atoms with Gasteiger partial charge >= 0.3 is 0 Å². The van der Waals surface area contributed by atoms with Gasteiger partial charge in [-0.2, -0.15) is 0 Å². The average Bonchev–Trinajstić information content (AvgIpc) is 3.25. The third-order valence-corrected chi connectivity index (χ3v) is 6.04. The van der Waals surface area contributed by atoms with Crippen LogP contribution in [0, 0.1) is 6.92 Å². The van der Waals surface area contributed by atoms with Crippen LogP contribution in [0.4, 0.5) is 0 Å². The number of β-amino-alcohol motifs (C(OH)–C–C–N with tert-alkyl or cyclic N) is 1. The number of fused-ring (bicyclic) bond motifs is 1. The minimum absolute atomic E-state index is 0.314. The lowest BCUT2D eigenvalue weighted by atomic mass is 10.0. The zero-order valence-electron chi connectivity index (χ0n) is 16.5. The molecule has 2 heterocycles. The molecule has 27 heavy (non-hydrogen) atoms. The van der Waals surface area contributed by atoms with Gasteiger partial charge < -0.3 is 14.4 Å². The molecule has 2 aliphatic rings. The van der Waals surface area contributed by atoms with Crippen molar-refractivity contribution in [3.05, 3.63) is 47.0 Å². The van der Waals surface area contributed by atoms with E-state index >= 15 is 0 Å². The zero-order chi connectivity index (χ0) is 18.8. The predicted octanol–water partition coefficient (Wildman–Crippen LogP) is 3.18. The number of aromatic nitrogens is 2. The van der Waals surface area contributed by atoms with Gasteiger partial charge in [0.2, 0.25) is 0 Å². The van der Waals surface area contributed by atoms with E-state index < -0.39 is 6.10 Å². The van der Waals surface area contributed by atoms with Gasteiger partial charge in [0, 0.05) is 19.3 Å². The Labute approximate surface area is 162 Å². The number of imidazole rings is 1. The van der Waals surface area contributed by atoms with Gasteiger partial charge in [0.15, 0.2) is 0 Å². The second-order valence-electron chi connectivity index (χ2n) is 8.01. The second kappa shape index (κ2) is 8.03. The Morgan fingerprint density at radius 3 is 2.85 bits per heavy atom. The maximum absolute atomic E-state index is 10.6. The zero-order valence-corrected chi connectivity index (χ0v) is 16.5. The molecule has 5 nitrogen and oxygen atoms in total. The van der Waals surface area contributed by atoms with Crippen LogP contribution in [0.2, 0.25) is 0 Å². The number of hydrogen-bond donors (Lipinski definition) is 1. The second-order valence-corrected chi connectivity index (χ2v) is 8.01. The molecule has 1 N–H and O–H groups in total. The van der Waals surface area contributed by atoms with E-state index in [1.807, 2.05) is 31.2 Å². The van der Waals surface area contributed by atoms with Crippen molar-refractivity contribution in [2.24, 2.45) is 7.05 Å². The first kappa shape index (κ1) is 18.5. The van der Waals surface area contributed by atoms with E-state index in [0.717, 1.165) is 43.5 Å². The molecule has 0 amide bonds. The van der Waals surface area contributed by atoms with Gasteiger partial charge in [-0.05, 0) is 63.6 Å². The van der Waals surface area contributed by atoms with E-state index in [-0.39, 0.29) is 0 Å². The van der Waals surface area contributed by atoms with Gasteiger partial charge in [-0.3, -0.25) is 4.90 Å². The van der Waals surface area contributed by atoms with Crippen molar-refractivity contribution in [2.75, 3.05) is 19.7 Å². The molecule has 0 saturated carbocycles. The first-order valence-corrected chi connectivity index (χ1v) is 10.3. The monoisotopic (exact) mass is 369 g/mol. The molecular weight excluding hydrogens is 338 g/mol. The molecule has 2 atom stereocenters. The van der Waals surface area contributed by atoms with Crippen LogP contribution in [-0.2, 0) is 19.9 Å². The molecule has 5 heteroatoms. The topological polar surface area (TPSA) is 50.5 Å². The number of aliphatic hydroxyl groups excluding tert-OH is 1. The summed E-state index contributed by atoms with van der Waals surface area (Å²) in [6.45, 7) is 4.00. The minimum Gasteiger partial charge on any atom is -0.491 e. The number of ether oxygens (including phenoxy) is 1. The molecule has 4 rings (SSSR count). The largest absolute Gasteiger partial charge is 0.491 e. The quantitative estimate of drug-likeness (QED) is 0.850. The van der Waals surface area contributed by atoms with Crippen LogP contribution in [0.1, 0.15) is 54.5 Å². The lowest BCUT2D eigenvalue weighted by Crippen LogP contribution is -2.36. The number of para-hydroxylation sites is 1. The average molecular weight is 370 g/mol. The van der Waals surface area contributed by atoms with Gasteiger partial charge in [0.1, 0.15) is 24.3 Å². The third-order valence-electron chi connectivity index (χ3n) is 6.04. The number of aliphatic hydroxyl groups is 1. The van der Waals surface area contributed by atoms with Crippen molar-refractivity contribution in [3.8, 4) is 5.75 Å². The molecule has 146 valence electrons. The van der Waals surface area contributed by atoms with E-state index in [1.54, 1.807) is 0 Å². The number of hydrogen-bond acceptors (Lipinski definition) is 4. The standard InChI is InChI=1S/C22H31N3O2/c1-16-8-3-6-12-21(16)27-15-17(26)14-25-13-7-11-20(25)22-23-18-9-4-5-10-19(18)24(22)2/h3,6,8,12,17,20,26H,4-5,7,9-11,13-15H2,1-2H3/t17-,20+/m1/s1. The highest BCUT2D eigenvalue weighted by molar-refractivity contribution is 5.31. The summed E-state index contributed by atoms with van der Waals surface area (Å²) in [6, 6.07) is 8.27. The van der Waals surface area contributed by atoms with Crippen LogP contribution >= 0.6 is 0 Å². The molecular formula is C22H31N3O2. The van der Waals surface area contributed by atoms with Crippen LogP contribution in [0.5, 0.6) is 5.75 Å².